The molecular formula is C15H18N4OS2. The first-order chi connectivity index (χ1) is 10.6. The van der Waals surface area contributed by atoms with Crippen LogP contribution < -0.4 is 16.2 Å². The van der Waals surface area contributed by atoms with Crippen LogP contribution in [0.25, 0.3) is 0 Å². The van der Waals surface area contributed by atoms with Gasteiger partial charge in [0.25, 0.3) is 0 Å². The normalized spacial score (nSPS) is 10.1. The molecule has 5 nitrogen and oxygen atoms in total. The van der Waals surface area contributed by atoms with Crippen LogP contribution in [0, 0.1) is 6.92 Å². The Kier molecular flexibility index (Phi) is 5.85. The van der Waals surface area contributed by atoms with Gasteiger partial charge in [-0.05, 0) is 43.3 Å². The highest BCUT2D eigenvalue weighted by molar-refractivity contribution is 7.80. The molecule has 0 spiro atoms. The number of amides is 1. The number of carbonyl (C=O) groups excluding carboxylic acids is 1. The lowest BCUT2D eigenvalue weighted by Crippen LogP contribution is -2.44. The molecule has 1 aromatic carbocycles. The van der Waals surface area contributed by atoms with E-state index in [-0.39, 0.29) is 12.3 Å². The second-order valence-corrected chi connectivity index (χ2v) is 6.19. The summed E-state index contributed by atoms with van der Waals surface area (Å²) in [5, 5.41) is 6.20. The smallest absolute Gasteiger partial charge is 0.244 e. The second kappa shape index (κ2) is 7.86. The lowest BCUT2D eigenvalue weighted by Gasteiger charge is -2.12. The van der Waals surface area contributed by atoms with Gasteiger partial charge in [-0.3, -0.25) is 15.6 Å². The summed E-state index contributed by atoms with van der Waals surface area (Å²) in [7, 11) is 0. The minimum Gasteiger partial charge on any atom is -0.331 e. The Morgan fingerprint density at radius 1 is 1.36 bits per heavy atom. The third kappa shape index (κ3) is 5.09. The lowest BCUT2D eigenvalue weighted by molar-refractivity contribution is -0.121. The molecule has 2 aromatic rings. The molecule has 0 unspecified atom stereocenters. The van der Waals surface area contributed by atoms with E-state index < -0.39 is 0 Å². The number of carbonyl (C=O) groups is 1. The van der Waals surface area contributed by atoms with E-state index in [1.54, 1.807) is 0 Å². The predicted molar refractivity (Wildman–Crippen MR) is 93.9 cm³/mol. The molecule has 2 rings (SSSR count). The highest BCUT2D eigenvalue weighted by Crippen LogP contribution is 2.11. The lowest BCUT2D eigenvalue weighted by atomic mass is 10.1. The monoisotopic (exact) mass is 334 g/mol. The van der Waals surface area contributed by atoms with Crippen molar-refractivity contribution < 1.29 is 4.79 Å². The Morgan fingerprint density at radius 3 is 2.86 bits per heavy atom. The van der Waals surface area contributed by atoms with Crippen LogP contribution in [-0.4, -0.2) is 16.0 Å². The molecule has 1 amide bonds. The third-order valence-corrected chi connectivity index (χ3v) is 3.94. The van der Waals surface area contributed by atoms with E-state index in [0.717, 1.165) is 22.8 Å². The molecular weight excluding hydrogens is 316 g/mol. The van der Waals surface area contributed by atoms with Crippen LogP contribution in [0.4, 0.5) is 5.69 Å². The topological polar surface area (TPSA) is 66.0 Å². The van der Waals surface area contributed by atoms with Crippen molar-refractivity contribution in [1.82, 2.24) is 15.8 Å². The van der Waals surface area contributed by atoms with Crippen molar-refractivity contribution >= 4 is 40.3 Å². The maximum absolute atomic E-state index is 11.8. The van der Waals surface area contributed by atoms with Crippen molar-refractivity contribution in [2.45, 2.75) is 26.7 Å². The average molecular weight is 334 g/mol. The van der Waals surface area contributed by atoms with Gasteiger partial charge in [0.2, 0.25) is 5.91 Å². The molecule has 0 saturated carbocycles. The molecule has 3 N–H and O–H groups in total. The minimum absolute atomic E-state index is 0.184. The van der Waals surface area contributed by atoms with Gasteiger partial charge in [-0.25, -0.2) is 4.98 Å². The highest BCUT2D eigenvalue weighted by atomic mass is 32.1. The average Bonchev–Trinajstić information content (AvgIpc) is 2.90. The summed E-state index contributed by atoms with van der Waals surface area (Å²) in [5.74, 6) is -0.184. The fourth-order valence-corrected chi connectivity index (χ4v) is 2.64. The Morgan fingerprint density at radius 2 is 2.18 bits per heavy atom. The van der Waals surface area contributed by atoms with E-state index in [4.69, 9.17) is 12.2 Å². The maximum atomic E-state index is 11.8. The summed E-state index contributed by atoms with van der Waals surface area (Å²) in [6, 6.07) is 7.97. The molecule has 0 radical (unpaired) electrons. The van der Waals surface area contributed by atoms with Gasteiger partial charge in [-0.2, -0.15) is 0 Å². The van der Waals surface area contributed by atoms with Crippen molar-refractivity contribution in [3.63, 3.8) is 0 Å². The van der Waals surface area contributed by atoms with Crippen LogP contribution in [-0.2, 0) is 17.6 Å². The van der Waals surface area contributed by atoms with Gasteiger partial charge in [-0.15, -0.1) is 11.3 Å². The van der Waals surface area contributed by atoms with Crippen molar-refractivity contribution in [2.75, 3.05) is 5.32 Å². The number of nitrogens with zero attached hydrogens (tertiary/aromatic N) is 1. The van der Waals surface area contributed by atoms with Gasteiger partial charge in [0, 0.05) is 11.1 Å². The number of rotatable bonds is 4. The summed E-state index contributed by atoms with van der Waals surface area (Å²) in [6.45, 7) is 4.00. The number of thiocarbonyl (C=S) groups is 1. The number of hydrogen-bond donors (Lipinski definition) is 3. The number of hydrazine groups is 1. The molecule has 0 fully saturated rings. The molecule has 116 valence electrons. The summed E-state index contributed by atoms with van der Waals surface area (Å²) in [5.41, 5.74) is 8.12. The van der Waals surface area contributed by atoms with Crippen LogP contribution in [0.3, 0.4) is 0 Å². The van der Waals surface area contributed by atoms with Crippen LogP contribution in [0.15, 0.2) is 29.6 Å². The molecule has 0 atom stereocenters. The van der Waals surface area contributed by atoms with Gasteiger partial charge < -0.3 is 5.32 Å². The summed E-state index contributed by atoms with van der Waals surface area (Å²) in [4.78, 5) is 16.0. The number of benzene rings is 1. The van der Waals surface area contributed by atoms with Crippen molar-refractivity contribution in [3.05, 3.63) is 45.9 Å². The summed E-state index contributed by atoms with van der Waals surface area (Å²) >= 11 is 6.68. The Bertz CT molecular complexity index is 669. The van der Waals surface area contributed by atoms with Crippen LogP contribution in [0.2, 0.25) is 0 Å². The van der Waals surface area contributed by atoms with Crippen LogP contribution in [0.5, 0.6) is 0 Å². The number of aryl methyl sites for hydroxylation is 2. The quantitative estimate of drug-likeness (QED) is 0.592. The van der Waals surface area contributed by atoms with E-state index in [9.17, 15) is 4.79 Å². The molecule has 0 saturated heterocycles. The third-order valence-electron chi connectivity index (χ3n) is 2.92. The van der Waals surface area contributed by atoms with Gasteiger partial charge in [0.05, 0.1) is 17.1 Å². The fraction of sp³-hybridized carbons (Fsp3) is 0.267. The molecule has 0 aliphatic carbocycles. The first-order valence-electron chi connectivity index (χ1n) is 6.92. The van der Waals surface area contributed by atoms with Crippen LogP contribution in [0.1, 0.15) is 23.2 Å². The molecule has 0 aliphatic rings. The highest BCUT2D eigenvalue weighted by Gasteiger charge is 2.06. The van der Waals surface area contributed by atoms with Gasteiger partial charge in [0.1, 0.15) is 0 Å². The molecule has 0 aliphatic heterocycles. The standard InChI is InChI=1S/C15H18N4OS2/c1-3-11-5-4-6-12(7-11)17-15(21)19-18-14(20)8-13-9-22-10(2)16-13/h4-7,9H,3,8H2,1-2H3,(H,18,20)(H2,17,19,21). The molecule has 22 heavy (non-hydrogen) atoms. The first-order valence-corrected chi connectivity index (χ1v) is 8.21. The Hall–Kier alpha value is -1.99. The van der Waals surface area contributed by atoms with E-state index >= 15 is 0 Å². The number of nitrogens with one attached hydrogen (secondary N) is 3. The number of anilines is 1. The minimum atomic E-state index is -0.184. The molecule has 1 heterocycles. The van der Waals surface area contributed by atoms with E-state index in [2.05, 4.69) is 34.1 Å². The molecule has 7 heteroatoms. The molecule has 0 bridgehead atoms. The zero-order chi connectivity index (χ0) is 15.9. The van der Waals surface area contributed by atoms with Gasteiger partial charge >= 0.3 is 0 Å². The second-order valence-electron chi connectivity index (χ2n) is 4.72. The zero-order valence-corrected chi connectivity index (χ0v) is 14.1. The van der Waals surface area contributed by atoms with Crippen molar-refractivity contribution in [3.8, 4) is 0 Å². The van der Waals surface area contributed by atoms with E-state index in [0.29, 0.717) is 5.11 Å². The number of hydrogen-bond acceptors (Lipinski definition) is 4. The van der Waals surface area contributed by atoms with E-state index in [1.807, 2.05) is 30.5 Å². The van der Waals surface area contributed by atoms with Gasteiger partial charge in [0.15, 0.2) is 5.11 Å². The van der Waals surface area contributed by atoms with Crippen molar-refractivity contribution in [1.29, 1.82) is 0 Å². The fourth-order valence-electron chi connectivity index (χ4n) is 1.86. The predicted octanol–water partition coefficient (Wildman–Crippen LogP) is 2.57. The summed E-state index contributed by atoms with van der Waals surface area (Å²) < 4.78 is 0. The van der Waals surface area contributed by atoms with Crippen molar-refractivity contribution in [2.24, 2.45) is 0 Å². The van der Waals surface area contributed by atoms with Gasteiger partial charge in [-0.1, -0.05) is 19.1 Å². The van der Waals surface area contributed by atoms with E-state index in [1.165, 1.54) is 16.9 Å². The Balaban J connectivity index is 1.78. The largest absolute Gasteiger partial charge is 0.331 e. The first kappa shape index (κ1) is 16.4. The zero-order valence-electron chi connectivity index (χ0n) is 12.5. The summed E-state index contributed by atoms with van der Waals surface area (Å²) in [6.07, 6.45) is 1.19. The number of thiazole rings is 1. The maximum Gasteiger partial charge on any atom is 0.244 e. The Labute approximate surface area is 139 Å². The van der Waals surface area contributed by atoms with Crippen LogP contribution >= 0.6 is 23.6 Å². The number of aromatic nitrogens is 1. The SMILES string of the molecule is CCc1cccc(NC(=S)NNC(=O)Cc2csc(C)n2)c1. The molecule has 1 aromatic heterocycles.